The molecule has 0 saturated carbocycles. The molecule has 7 aromatic carbocycles. The van der Waals surface area contributed by atoms with Crippen LogP contribution >= 0.6 is 0 Å². The van der Waals surface area contributed by atoms with Crippen molar-refractivity contribution in [1.29, 1.82) is 0 Å². The van der Waals surface area contributed by atoms with Gasteiger partial charge in [-0.2, -0.15) is 0 Å². The highest BCUT2D eigenvalue weighted by atomic mass is 15.2. The van der Waals surface area contributed by atoms with Gasteiger partial charge in [0.05, 0.1) is 28.4 Å². The monoisotopic (exact) mass is 658 g/mol. The molecule has 10 rings (SSSR count). The molecule has 0 amide bonds. The van der Waals surface area contributed by atoms with E-state index in [-0.39, 0.29) is 16.2 Å². The number of benzene rings is 7. The highest BCUT2D eigenvalue weighted by Crippen LogP contribution is 2.59. The molecule has 0 bridgehead atoms. The van der Waals surface area contributed by atoms with Gasteiger partial charge in [0.15, 0.2) is 0 Å². The highest BCUT2D eigenvalue weighted by molar-refractivity contribution is 6.11. The van der Waals surface area contributed by atoms with Crippen LogP contribution in [0.25, 0.3) is 21.9 Å². The zero-order chi connectivity index (χ0) is 34.9. The van der Waals surface area contributed by atoms with Crippen LogP contribution in [-0.4, -0.2) is 0 Å². The number of hydrogen-bond donors (Lipinski definition) is 0. The van der Waals surface area contributed by atoms with Crippen LogP contribution in [0.2, 0.25) is 0 Å². The van der Waals surface area contributed by atoms with Crippen molar-refractivity contribution in [2.45, 2.75) is 57.8 Å². The standard InChI is InChI=1S/C49H42N2/c1-47(2)35-19-9-13-23-41(35)50(42-24-14-10-20-36(42)47)31-27-28-34-39(29-31)49(5,6)40-30-45(32-17-7-8-18-33(32)46(34)40)51-43-25-15-11-21-37(43)48(3,4)38-22-12-16-26-44(38)51/h7-30H,1-6H3. The summed E-state index contributed by atoms with van der Waals surface area (Å²) in [5.74, 6) is 0. The van der Waals surface area contributed by atoms with Crippen LogP contribution in [0.4, 0.5) is 34.1 Å². The van der Waals surface area contributed by atoms with Gasteiger partial charge < -0.3 is 9.80 Å². The van der Waals surface area contributed by atoms with Crippen molar-refractivity contribution in [1.82, 2.24) is 0 Å². The number of fused-ring (bicyclic) bond motifs is 9. The zero-order valence-electron chi connectivity index (χ0n) is 30.3. The van der Waals surface area contributed by atoms with Crippen LogP contribution in [0.5, 0.6) is 0 Å². The maximum absolute atomic E-state index is 2.53. The topological polar surface area (TPSA) is 6.48 Å². The second-order valence-corrected chi connectivity index (χ2v) is 16.2. The van der Waals surface area contributed by atoms with Crippen molar-refractivity contribution in [3.05, 3.63) is 179 Å². The summed E-state index contributed by atoms with van der Waals surface area (Å²) in [4.78, 5) is 5.02. The minimum Gasteiger partial charge on any atom is -0.310 e. The van der Waals surface area contributed by atoms with Gasteiger partial charge in [-0.15, -0.1) is 0 Å². The van der Waals surface area contributed by atoms with E-state index in [0.717, 1.165) is 0 Å². The molecule has 2 heterocycles. The van der Waals surface area contributed by atoms with Crippen molar-refractivity contribution >= 4 is 44.9 Å². The number of para-hydroxylation sites is 4. The molecule has 0 radical (unpaired) electrons. The van der Waals surface area contributed by atoms with Crippen molar-refractivity contribution in [3.8, 4) is 11.1 Å². The lowest BCUT2D eigenvalue weighted by Crippen LogP contribution is -2.30. The van der Waals surface area contributed by atoms with Crippen LogP contribution in [0.1, 0.15) is 74.9 Å². The largest absolute Gasteiger partial charge is 0.310 e. The summed E-state index contributed by atoms with van der Waals surface area (Å²) < 4.78 is 0. The van der Waals surface area contributed by atoms with Crippen molar-refractivity contribution in [2.24, 2.45) is 0 Å². The average molecular weight is 659 g/mol. The molecule has 0 spiro atoms. The fourth-order valence-corrected chi connectivity index (χ4v) is 9.75. The first-order chi connectivity index (χ1) is 24.6. The molecule has 0 N–H and O–H groups in total. The van der Waals surface area contributed by atoms with E-state index < -0.39 is 0 Å². The predicted octanol–water partition coefficient (Wildman–Crippen LogP) is 13.4. The summed E-state index contributed by atoms with van der Waals surface area (Å²) in [6.07, 6.45) is 0. The van der Waals surface area contributed by atoms with Crippen molar-refractivity contribution < 1.29 is 0 Å². The number of anilines is 6. The Morgan fingerprint density at radius 2 is 0.745 bits per heavy atom. The third-order valence-electron chi connectivity index (χ3n) is 12.4. The predicted molar refractivity (Wildman–Crippen MR) is 215 cm³/mol. The molecule has 0 fully saturated rings. The zero-order valence-corrected chi connectivity index (χ0v) is 30.3. The lowest BCUT2D eigenvalue weighted by Gasteiger charge is -2.42. The lowest BCUT2D eigenvalue weighted by atomic mass is 9.73. The number of hydrogen-bond acceptors (Lipinski definition) is 2. The molecule has 3 aliphatic rings. The van der Waals surface area contributed by atoms with Gasteiger partial charge >= 0.3 is 0 Å². The molecular weight excluding hydrogens is 617 g/mol. The molecule has 0 atom stereocenters. The van der Waals surface area contributed by atoms with Crippen LogP contribution in [-0.2, 0) is 16.2 Å². The normalized spacial score (nSPS) is 16.8. The summed E-state index contributed by atoms with van der Waals surface area (Å²) in [5, 5.41) is 2.58. The summed E-state index contributed by atoms with van der Waals surface area (Å²) in [5.41, 5.74) is 17.9. The van der Waals surface area contributed by atoms with Crippen LogP contribution in [0.3, 0.4) is 0 Å². The van der Waals surface area contributed by atoms with Gasteiger partial charge in [0.2, 0.25) is 0 Å². The third kappa shape index (κ3) is 3.94. The van der Waals surface area contributed by atoms with E-state index in [9.17, 15) is 0 Å². The van der Waals surface area contributed by atoms with Gasteiger partial charge in [-0.3, -0.25) is 0 Å². The molecule has 248 valence electrons. The minimum absolute atomic E-state index is 0.0911. The van der Waals surface area contributed by atoms with E-state index in [1.165, 1.54) is 89.4 Å². The maximum Gasteiger partial charge on any atom is 0.0543 e. The van der Waals surface area contributed by atoms with Gasteiger partial charge in [-0.05, 0) is 92.4 Å². The Balaban J connectivity index is 1.20. The van der Waals surface area contributed by atoms with E-state index in [2.05, 4.69) is 197 Å². The Hall–Kier alpha value is -5.60. The van der Waals surface area contributed by atoms with Gasteiger partial charge in [0, 0.05) is 27.3 Å². The Kier molecular flexibility index (Phi) is 6.07. The van der Waals surface area contributed by atoms with Gasteiger partial charge in [0.25, 0.3) is 0 Å². The van der Waals surface area contributed by atoms with Gasteiger partial charge in [-0.1, -0.05) is 145 Å². The number of nitrogens with zero attached hydrogens (tertiary/aromatic N) is 2. The molecule has 2 nitrogen and oxygen atoms in total. The molecule has 0 saturated heterocycles. The quantitative estimate of drug-likeness (QED) is 0.182. The van der Waals surface area contributed by atoms with Crippen LogP contribution in [0, 0.1) is 0 Å². The van der Waals surface area contributed by atoms with Gasteiger partial charge in [-0.25, -0.2) is 0 Å². The highest BCUT2D eigenvalue weighted by Gasteiger charge is 2.42. The summed E-state index contributed by atoms with van der Waals surface area (Å²) in [7, 11) is 0. The van der Waals surface area contributed by atoms with Crippen LogP contribution < -0.4 is 9.80 Å². The molecule has 2 aliphatic heterocycles. The minimum atomic E-state index is -0.221. The lowest BCUT2D eigenvalue weighted by molar-refractivity contribution is 0.631. The summed E-state index contributed by atoms with van der Waals surface area (Å²) in [6, 6.07) is 54.6. The Bertz CT molecular complexity index is 2490. The molecule has 51 heavy (non-hydrogen) atoms. The first-order valence-corrected chi connectivity index (χ1v) is 18.3. The van der Waals surface area contributed by atoms with E-state index in [4.69, 9.17) is 0 Å². The van der Waals surface area contributed by atoms with E-state index >= 15 is 0 Å². The smallest absolute Gasteiger partial charge is 0.0543 e. The SMILES string of the molecule is CC1(C)c2ccccc2N(c2ccc3c(c2)C(C)(C)c2cc(N4c5ccccc5C(C)(C)c5ccccc54)c4ccccc4c2-3)c2ccccc21. The molecule has 1 aliphatic carbocycles. The molecular formula is C49H42N2. The Labute approximate surface area is 301 Å². The average Bonchev–Trinajstić information content (AvgIpc) is 3.37. The fraction of sp³-hybridized carbons (Fsp3) is 0.184. The fourth-order valence-electron chi connectivity index (χ4n) is 9.75. The van der Waals surface area contributed by atoms with E-state index in [1.54, 1.807) is 0 Å². The maximum atomic E-state index is 2.53. The first-order valence-electron chi connectivity index (χ1n) is 18.3. The summed E-state index contributed by atoms with van der Waals surface area (Å²) >= 11 is 0. The summed E-state index contributed by atoms with van der Waals surface area (Å²) in [6.45, 7) is 14.3. The first kappa shape index (κ1) is 30.2. The van der Waals surface area contributed by atoms with Crippen LogP contribution in [0.15, 0.2) is 146 Å². The Morgan fingerprint density at radius 3 is 1.25 bits per heavy atom. The molecule has 0 unspecified atom stereocenters. The molecule has 2 heteroatoms. The van der Waals surface area contributed by atoms with Crippen molar-refractivity contribution in [3.63, 3.8) is 0 Å². The van der Waals surface area contributed by atoms with E-state index in [0.29, 0.717) is 0 Å². The molecule has 7 aromatic rings. The third-order valence-corrected chi connectivity index (χ3v) is 12.4. The molecule has 0 aromatic heterocycles. The second-order valence-electron chi connectivity index (χ2n) is 16.2. The number of rotatable bonds is 2. The second kappa shape index (κ2) is 10.2. The van der Waals surface area contributed by atoms with E-state index in [1.807, 2.05) is 0 Å². The van der Waals surface area contributed by atoms with Gasteiger partial charge in [0.1, 0.15) is 0 Å². The Morgan fingerprint density at radius 1 is 0.333 bits per heavy atom. The van der Waals surface area contributed by atoms with Crippen molar-refractivity contribution in [2.75, 3.05) is 9.80 Å².